The van der Waals surface area contributed by atoms with Crippen molar-refractivity contribution >= 4 is 90.2 Å². The summed E-state index contributed by atoms with van der Waals surface area (Å²) in [5.41, 5.74) is 12.0. The second-order valence-electron chi connectivity index (χ2n) is 14.5. The van der Waals surface area contributed by atoms with Crippen LogP contribution in [0, 0.1) is 0 Å². The van der Waals surface area contributed by atoms with Crippen LogP contribution in [0.1, 0.15) is 0 Å². The lowest BCUT2D eigenvalue weighted by atomic mass is 9.97. The first-order valence-electron chi connectivity index (χ1n) is 17.9. The van der Waals surface area contributed by atoms with E-state index in [0.717, 1.165) is 50.2 Å². The number of anilines is 3. The molecule has 0 aliphatic carbocycles. The minimum Gasteiger partial charge on any atom is -0.456 e. The zero-order valence-electron chi connectivity index (χ0n) is 28.9. The van der Waals surface area contributed by atoms with Crippen LogP contribution < -0.4 is 15.3 Å². The summed E-state index contributed by atoms with van der Waals surface area (Å²) in [7, 11) is -2.11. The lowest BCUT2D eigenvalue weighted by molar-refractivity contribution is 0.669. The highest BCUT2D eigenvalue weighted by molar-refractivity contribution is 7.04. The molecule has 8 aromatic carbocycles. The van der Waals surface area contributed by atoms with E-state index in [1.54, 1.807) is 0 Å². The van der Waals surface area contributed by atoms with Crippen molar-refractivity contribution in [2.75, 3.05) is 4.90 Å². The van der Waals surface area contributed by atoms with Crippen molar-refractivity contribution in [3.05, 3.63) is 164 Å². The van der Waals surface area contributed by atoms with Crippen LogP contribution in [-0.4, -0.2) is 8.07 Å². The van der Waals surface area contributed by atoms with E-state index in [1.165, 1.54) is 54.2 Å². The van der Waals surface area contributed by atoms with Gasteiger partial charge in [-0.15, -0.1) is 0 Å². The first kappa shape index (κ1) is 29.4. The molecule has 0 unspecified atom stereocenters. The predicted octanol–water partition coefficient (Wildman–Crippen LogP) is 12.6. The standard InChI is InChI=1S/C48H33NO2Si/c1-52(2)44-27-26-37-36-17-5-7-21-41(36)51-48(37)47(44)39-25-24-33(29-45(39)52)49(40-20-11-23-43-46(40)38-18-6-8-22-42(38)50-43)32-15-9-14-31(28-32)35-19-10-13-30-12-3-4-16-34(30)35/h3-29H,1-2H3. The summed E-state index contributed by atoms with van der Waals surface area (Å²) < 4.78 is 13.1. The molecule has 0 saturated carbocycles. The molecule has 0 radical (unpaired) electrons. The molecule has 0 atom stereocenters. The molecule has 0 spiro atoms. The third kappa shape index (κ3) is 4.13. The molecule has 1 aliphatic rings. The van der Waals surface area contributed by atoms with Crippen LogP contribution in [0.3, 0.4) is 0 Å². The third-order valence-electron chi connectivity index (χ3n) is 11.3. The average Bonchev–Trinajstić information content (AvgIpc) is 3.83. The molecule has 11 rings (SSSR count). The molecule has 246 valence electrons. The highest BCUT2D eigenvalue weighted by Gasteiger charge is 2.40. The number of rotatable bonds is 4. The fourth-order valence-electron chi connectivity index (χ4n) is 8.79. The number of benzene rings is 8. The lowest BCUT2D eigenvalue weighted by Crippen LogP contribution is -2.49. The second kappa shape index (κ2) is 10.8. The van der Waals surface area contributed by atoms with Gasteiger partial charge in [0, 0.05) is 33.1 Å². The fraction of sp³-hybridized carbons (Fsp3) is 0.0417. The lowest BCUT2D eigenvalue weighted by Gasteiger charge is -2.28. The summed E-state index contributed by atoms with van der Waals surface area (Å²) in [6.45, 7) is 4.96. The van der Waals surface area contributed by atoms with Gasteiger partial charge >= 0.3 is 0 Å². The van der Waals surface area contributed by atoms with Crippen molar-refractivity contribution in [1.29, 1.82) is 0 Å². The molecule has 0 N–H and O–H groups in total. The summed E-state index contributed by atoms with van der Waals surface area (Å²) >= 11 is 0. The molecule has 0 saturated heterocycles. The van der Waals surface area contributed by atoms with Gasteiger partial charge in [0.05, 0.1) is 11.1 Å². The predicted molar refractivity (Wildman–Crippen MR) is 221 cm³/mol. The van der Waals surface area contributed by atoms with E-state index in [4.69, 9.17) is 8.83 Å². The van der Waals surface area contributed by atoms with Gasteiger partial charge in [-0.2, -0.15) is 0 Å². The summed E-state index contributed by atoms with van der Waals surface area (Å²) in [6.07, 6.45) is 0. The fourth-order valence-corrected chi connectivity index (χ4v) is 11.8. The molecule has 0 fully saturated rings. The van der Waals surface area contributed by atoms with Gasteiger partial charge < -0.3 is 13.7 Å². The largest absolute Gasteiger partial charge is 0.456 e. The van der Waals surface area contributed by atoms with Gasteiger partial charge in [-0.1, -0.05) is 128 Å². The van der Waals surface area contributed by atoms with Crippen LogP contribution >= 0.6 is 0 Å². The highest BCUT2D eigenvalue weighted by atomic mass is 28.3. The van der Waals surface area contributed by atoms with Gasteiger partial charge in [0.15, 0.2) is 0 Å². The smallest absolute Gasteiger partial charge is 0.143 e. The van der Waals surface area contributed by atoms with Gasteiger partial charge in [-0.25, -0.2) is 0 Å². The molecule has 3 nitrogen and oxygen atoms in total. The Morgan fingerprint density at radius 1 is 0.462 bits per heavy atom. The summed E-state index contributed by atoms with van der Waals surface area (Å²) in [5, 5.41) is 9.91. The maximum Gasteiger partial charge on any atom is 0.143 e. The number of nitrogens with zero attached hydrogens (tertiary/aromatic N) is 1. The van der Waals surface area contributed by atoms with Crippen molar-refractivity contribution < 1.29 is 8.83 Å². The Bertz CT molecular complexity index is 3070. The third-order valence-corrected chi connectivity index (χ3v) is 14.8. The number of para-hydroxylation sites is 2. The molecular weight excluding hydrogens is 651 g/mol. The molecule has 1 aliphatic heterocycles. The van der Waals surface area contributed by atoms with Gasteiger partial charge in [0.25, 0.3) is 0 Å². The van der Waals surface area contributed by atoms with Crippen LogP contribution in [0.5, 0.6) is 0 Å². The van der Waals surface area contributed by atoms with Crippen molar-refractivity contribution in [2.24, 2.45) is 0 Å². The summed E-state index contributed by atoms with van der Waals surface area (Å²) in [5.74, 6) is 0. The van der Waals surface area contributed by atoms with Crippen molar-refractivity contribution in [3.8, 4) is 22.3 Å². The SMILES string of the molecule is C[Si]1(C)c2cc(N(c3cccc(-c4cccc5ccccc45)c3)c3cccc4oc5ccccc5c34)ccc2-c2c1ccc1c2oc2ccccc21. The van der Waals surface area contributed by atoms with Crippen LogP contribution in [0.2, 0.25) is 13.1 Å². The molecule has 0 amide bonds. The first-order chi connectivity index (χ1) is 25.5. The van der Waals surface area contributed by atoms with E-state index in [9.17, 15) is 0 Å². The monoisotopic (exact) mass is 683 g/mol. The quantitative estimate of drug-likeness (QED) is 0.173. The van der Waals surface area contributed by atoms with E-state index >= 15 is 0 Å². The Kier molecular flexibility index (Phi) is 6.11. The highest BCUT2D eigenvalue weighted by Crippen LogP contribution is 2.46. The van der Waals surface area contributed by atoms with E-state index in [2.05, 4.69) is 176 Å². The van der Waals surface area contributed by atoms with Crippen LogP contribution in [0.4, 0.5) is 17.1 Å². The molecule has 0 bridgehead atoms. The number of fused-ring (bicyclic) bond motifs is 11. The number of furan rings is 2. The second-order valence-corrected chi connectivity index (χ2v) is 18.8. The zero-order valence-corrected chi connectivity index (χ0v) is 29.9. The van der Waals surface area contributed by atoms with Gasteiger partial charge in [0.2, 0.25) is 0 Å². The van der Waals surface area contributed by atoms with E-state index < -0.39 is 8.07 Å². The molecule has 10 aromatic rings. The maximum absolute atomic E-state index is 6.63. The van der Waals surface area contributed by atoms with Gasteiger partial charge in [-0.3, -0.25) is 0 Å². The minimum atomic E-state index is -2.11. The Hall–Kier alpha value is -6.36. The van der Waals surface area contributed by atoms with E-state index in [0.29, 0.717) is 0 Å². The molecule has 3 heterocycles. The number of hydrogen-bond donors (Lipinski definition) is 0. The average molecular weight is 684 g/mol. The zero-order chi connectivity index (χ0) is 34.6. The minimum absolute atomic E-state index is 0.879. The topological polar surface area (TPSA) is 29.5 Å². The molecule has 52 heavy (non-hydrogen) atoms. The van der Waals surface area contributed by atoms with Crippen LogP contribution in [0.25, 0.3) is 76.9 Å². The summed E-state index contributed by atoms with van der Waals surface area (Å²) in [4.78, 5) is 2.43. The van der Waals surface area contributed by atoms with E-state index in [1.807, 2.05) is 6.07 Å². The van der Waals surface area contributed by atoms with E-state index in [-0.39, 0.29) is 0 Å². The van der Waals surface area contributed by atoms with Crippen molar-refractivity contribution in [2.45, 2.75) is 13.1 Å². The molecular formula is C48H33NO2Si. The Morgan fingerprint density at radius 2 is 1.15 bits per heavy atom. The van der Waals surface area contributed by atoms with Crippen LogP contribution in [0.15, 0.2) is 173 Å². The van der Waals surface area contributed by atoms with Crippen LogP contribution in [-0.2, 0) is 0 Å². The summed E-state index contributed by atoms with van der Waals surface area (Å²) in [6, 6.07) is 59.1. The number of hydrogen-bond acceptors (Lipinski definition) is 3. The normalized spacial score (nSPS) is 13.3. The first-order valence-corrected chi connectivity index (χ1v) is 20.9. The Morgan fingerprint density at radius 3 is 2.04 bits per heavy atom. The molecule has 4 heteroatoms. The Balaban J connectivity index is 1.16. The van der Waals surface area contributed by atoms with Gasteiger partial charge in [0.1, 0.15) is 30.4 Å². The van der Waals surface area contributed by atoms with Gasteiger partial charge in [-0.05, 0) is 86.4 Å². The maximum atomic E-state index is 6.63. The van der Waals surface area contributed by atoms with Crippen molar-refractivity contribution in [3.63, 3.8) is 0 Å². The molecule has 2 aromatic heterocycles. The van der Waals surface area contributed by atoms with Crippen molar-refractivity contribution in [1.82, 2.24) is 0 Å². The Labute approximate surface area is 302 Å².